The van der Waals surface area contributed by atoms with Crippen LogP contribution in [0.5, 0.6) is 0 Å². The number of rotatable bonds is 15. The van der Waals surface area contributed by atoms with Crippen molar-refractivity contribution in [2.24, 2.45) is 7.05 Å². The van der Waals surface area contributed by atoms with Gasteiger partial charge in [-0.1, -0.05) is 83.9 Å². The lowest BCUT2D eigenvalue weighted by molar-refractivity contribution is 0.0695. The second kappa shape index (κ2) is 37.2. The Hall–Kier alpha value is -11.9. The number of thiophene rings is 3. The number of aromatic nitrogens is 13. The molecule has 11 heterocycles. The monoisotopic (exact) mass is 1390 g/mol. The number of furan rings is 1. The number of hydrogen-bond acceptors (Lipinski definition) is 14. The van der Waals surface area contributed by atoms with E-state index >= 15 is 0 Å². The summed E-state index contributed by atoms with van der Waals surface area (Å²) in [5.41, 5.74) is 8.18. The first-order chi connectivity index (χ1) is 47.8. The van der Waals surface area contributed by atoms with Crippen molar-refractivity contribution in [3.05, 3.63) is 328 Å². The summed E-state index contributed by atoms with van der Waals surface area (Å²) < 4.78 is 10.8. The van der Waals surface area contributed by atoms with Crippen LogP contribution in [0.4, 0.5) is 0 Å². The highest BCUT2D eigenvalue weighted by Crippen LogP contribution is 2.26. The second-order valence-corrected chi connectivity index (χ2v) is 24.0. The number of carboxylic acid groups (broad SMARTS) is 1. The largest absolute Gasteiger partial charge is 0.478 e. The Morgan fingerprint density at radius 3 is 1.49 bits per heavy atom. The van der Waals surface area contributed by atoms with Gasteiger partial charge in [0.2, 0.25) is 5.91 Å². The SMILES string of the molecule is C(=C\c1ccco1)/c1ccn[nH]1.C(=C\c1cccs1)/c1ccn[nH]1.C(=C\c1ccn[nH]1)/c1ccccc1.CC(=O)n1nccc1/C=C/c1c(Cl)cccc1Cl.Cn1cccc1C(=O)n1ccc(/C=C/c2cccs2)n1.O=C(O)c1ccc(C(=O)n2ccc(/C=C/c3cccs3)n2)cc1. The molecule has 14 aromatic rings. The van der Waals surface area contributed by atoms with Crippen LogP contribution in [0.25, 0.3) is 72.9 Å². The van der Waals surface area contributed by atoms with Gasteiger partial charge in [0.15, 0.2) is 0 Å². The van der Waals surface area contributed by atoms with Crippen LogP contribution in [0.3, 0.4) is 0 Å². The molecule has 0 aliphatic carbocycles. The zero-order valence-corrected chi connectivity index (χ0v) is 56.3. The number of carbonyl (C=O) groups is 4. The Labute approximate surface area is 585 Å². The maximum atomic E-state index is 12.3. The van der Waals surface area contributed by atoms with Crippen LogP contribution in [-0.2, 0) is 7.05 Å². The maximum Gasteiger partial charge on any atom is 0.335 e. The first kappa shape index (κ1) is 70.4. The van der Waals surface area contributed by atoms with E-state index in [0.717, 1.165) is 43.9 Å². The minimum atomic E-state index is -1.02. The van der Waals surface area contributed by atoms with E-state index in [1.54, 1.807) is 131 Å². The third kappa shape index (κ3) is 22.4. The smallest absolute Gasteiger partial charge is 0.335 e. The zero-order valence-electron chi connectivity index (χ0n) is 52.4. The first-order valence-electron chi connectivity index (χ1n) is 29.7. The number of H-pyrrole nitrogens is 3. The van der Waals surface area contributed by atoms with E-state index in [4.69, 9.17) is 32.7 Å². The molecule has 4 N–H and O–H groups in total. The average Bonchev–Trinajstić information content (AvgIpc) is 1.67. The minimum absolute atomic E-state index is 0.131. The van der Waals surface area contributed by atoms with Crippen LogP contribution in [0.2, 0.25) is 10.0 Å². The molecule has 0 bridgehead atoms. The molecule has 0 spiro atoms. The Morgan fingerprint density at radius 1 is 0.480 bits per heavy atom. The minimum Gasteiger partial charge on any atom is -0.478 e. The number of halogens is 2. The molecule has 0 amide bonds. The lowest BCUT2D eigenvalue weighted by Crippen LogP contribution is -2.15. The number of benzene rings is 3. The van der Waals surface area contributed by atoms with Crippen molar-refractivity contribution in [1.29, 1.82) is 0 Å². The third-order valence-corrected chi connectivity index (χ3v) is 16.4. The van der Waals surface area contributed by atoms with E-state index in [2.05, 4.69) is 75.5 Å². The predicted octanol–water partition coefficient (Wildman–Crippen LogP) is 18.1. The van der Waals surface area contributed by atoms with E-state index in [1.807, 2.05) is 170 Å². The first-order valence-corrected chi connectivity index (χ1v) is 33.1. The van der Waals surface area contributed by atoms with Crippen LogP contribution in [-0.4, -0.2) is 93.3 Å². The molecular weight excluding hydrogens is 1330 g/mol. The number of nitrogens with one attached hydrogen (secondary N) is 3. The molecule has 0 saturated heterocycles. The van der Waals surface area contributed by atoms with Gasteiger partial charge >= 0.3 is 5.97 Å². The molecule has 19 nitrogen and oxygen atoms in total. The summed E-state index contributed by atoms with van der Waals surface area (Å²) in [5.74, 6) is -0.774. The quantitative estimate of drug-likeness (QED) is 0.0749. The molecule has 11 aromatic heterocycles. The van der Waals surface area contributed by atoms with Gasteiger partial charge in [0, 0.05) is 87.0 Å². The molecule has 0 aliphatic rings. The fraction of sp³-hybridized carbons (Fsp3) is 0.0270. The predicted molar refractivity (Wildman–Crippen MR) is 395 cm³/mol. The van der Waals surface area contributed by atoms with Crippen LogP contribution in [0.15, 0.2) is 240 Å². The average molecular weight is 1400 g/mol. The van der Waals surface area contributed by atoms with E-state index in [-0.39, 0.29) is 23.3 Å². The lowest BCUT2D eigenvalue weighted by Gasteiger charge is -2.01. The molecule has 0 aliphatic heterocycles. The summed E-state index contributed by atoms with van der Waals surface area (Å²) in [7, 11) is 1.84. The Kier molecular flexibility index (Phi) is 26.8. The standard InChI is InChI=1S/C17H12N2O3S.C15H13N3OS.C13H10Cl2N2O.C11H10N2.C9H8N2O.C9H8N2S/c20-16(12-3-5-13(6-4-12)17(21)22)19-10-9-14(18-19)7-8-15-2-1-11-23-15;1-17-9-2-5-14(17)15(19)18-10-8-12(16-18)6-7-13-4-3-11-20-13;1-9(18)17-10(7-8-16-17)5-6-11-12(14)3-2-4-13(11)15;1-2-4-10(5-3-1)6-7-11-8-9-12-13-11;2*1-2-9(12-7-1)4-3-8-5-6-10-11-8/h1-11H,(H,21,22);2-11H,1H3;2-8H,1H3;1-9H,(H,12,13);2*1-7H,(H,10,11)/b8-7+;7-6+;6-5+;7-6+;2*4-3+. The summed E-state index contributed by atoms with van der Waals surface area (Å²) in [6, 6.07) is 51.8. The number of carboxylic acids is 1. The van der Waals surface area contributed by atoms with Crippen molar-refractivity contribution < 1.29 is 28.7 Å². The molecule has 24 heteroatoms. The fourth-order valence-corrected chi connectivity index (χ4v) is 10.7. The van der Waals surface area contributed by atoms with Gasteiger partial charge in [0.25, 0.3) is 11.8 Å². The molecule has 490 valence electrons. The van der Waals surface area contributed by atoms with Gasteiger partial charge in [-0.25, -0.2) is 18.8 Å². The van der Waals surface area contributed by atoms with Gasteiger partial charge in [-0.15, -0.1) is 34.0 Å². The van der Waals surface area contributed by atoms with Crippen LogP contribution < -0.4 is 0 Å². The number of hydrogen-bond donors (Lipinski definition) is 4. The fourth-order valence-electron chi connectivity index (χ4n) is 8.36. The highest BCUT2D eigenvalue weighted by Gasteiger charge is 2.14. The number of aryl methyl sites for hydroxylation is 1. The van der Waals surface area contributed by atoms with Crippen molar-refractivity contribution in [3.8, 4) is 0 Å². The topological polar surface area (TPSA) is 246 Å². The van der Waals surface area contributed by atoms with Crippen LogP contribution in [0, 0.1) is 0 Å². The van der Waals surface area contributed by atoms with Crippen molar-refractivity contribution in [1.82, 2.24) is 64.5 Å². The summed E-state index contributed by atoms with van der Waals surface area (Å²) in [6.45, 7) is 1.45. The molecule has 0 radical (unpaired) electrons. The molecule has 3 aromatic carbocycles. The second-order valence-electron chi connectivity index (χ2n) is 20.2. The van der Waals surface area contributed by atoms with Crippen LogP contribution in [0.1, 0.15) is 109 Å². The summed E-state index contributed by atoms with van der Waals surface area (Å²) >= 11 is 17.1. The number of aromatic amines is 3. The highest BCUT2D eigenvalue weighted by molar-refractivity contribution is 7.11. The van der Waals surface area contributed by atoms with Gasteiger partial charge in [-0.05, 0) is 204 Å². The Bertz CT molecular complexity index is 4700. The number of nitrogens with zero attached hydrogens (tertiary/aromatic N) is 10. The molecule has 0 fully saturated rings. The van der Waals surface area contributed by atoms with Gasteiger partial charge in [-0.3, -0.25) is 29.7 Å². The van der Waals surface area contributed by atoms with Gasteiger partial charge in [0.1, 0.15) is 11.5 Å². The lowest BCUT2D eigenvalue weighted by atomic mass is 10.1. The van der Waals surface area contributed by atoms with E-state index in [1.165, 1.54) is 55.7 Å². The van der Waals surface area contributed by atoms with E-state index < -0.39 is 5.97 Å². The number of aromatic carboxylic acids is 1. The number of carbonyl (C=O) groups excluding carboxylic acids is 3. The molecule has 98 heavy (non-hydrogen) atoms. The summed E-state index contributed by atoms with van der Waals surface area (Å²) in [4.78, 5) is 50.2. The Balaban J connectivity index is 0.000000140. The molecule has 0 unspecified atom stereocenters. The summed E-state index contributed by atoms with van der Waals surface area (Å²) in [6.07, 6.45) is 36.6. The molecule has 14 rings (SSSR count). The third-order valence-electron chi connectivity index (χ3n) is 13.3. The maximum absolute atomic E-state index is 12.3. The summed E-state index contributed by atoms with van der Waals surface area (Å²) in [5, 5.41) is 48.6. The van der Waals surface area contributed by atoms with Crippen molar-refractivity contribution in [2.75, 3.05) is 0 Å². The van der Waals surface area contributed by atoms with Crippen LogP contribution >= 0.6 is 57.2 Å². The van der Waals surface area contributed by atoms with E-state index in [0.29, 0.717) is 32.7 Å². The van der Waals surface area contributed by atoms with E-state index in [9.17, 15) is 19.2 Å². The molecule has 0 saturated carbocycles. The highest BCUT2D eigenvalue weighted by atomic mass is 35.5. The van der Waals surface area contributed by atoms with Gasteiger partial charge in [-0.2, -0.15) is 30.6 Å². The Morgan fingerprint density at radius 2 is 1.01 bits per heavy atom. The van der Waals surface area contributed by atoms with Crippen molar-refractivity contribution in [2.45, 2.75) is 6.92 Å². The van der Waals surface area contributed by atoms with Gasteiger partial charge in [0.05, 0.1) is 52.2 Å². The zero-order chi connectivity index (χ0) is 68.7. The molecular formula is C74H61Cl2N13O6S3. The van der Waals surface area contributed by atoms with Crippen molar-refractivity contribution in [3.63, 3.8) is 0 Å². The van der Waals surface area contributed by atoms with Crippen molar-refractivity contribution >= 4 is 154 Å². The molecule has 0 atom stereocenters. The normalized spacial score (nSPS) is 11.0. The van der Waals surface area contributed by atoms with Gasteiger partial charge < -0.3 is 14.1 Å².